The smallest absolute Gasteiger partial charge is 0.0692 e. The van der Waals surface area contributed by atoms with Gasteiger partial charge in [-0.25, -0.2) is 0 Å². The summed E-state index contributed by atoms with van der Waals surface area (Å²) in [6.07, 6.45) is 1.86. The van der Waals surface area contributed by atoms with Crippen LogP contribution in [0.25, 0.3) is 0 Å². The molecule has 0 fully saturated rings. The van der Waals surface area contributed by atoms with Gasteiger partial charge in [-0.3, -0.25) is 4.99 Å². The Balaban J connectivity index is 3.87. The maximum Gasteiger partial charge on any atom is 0.0692 e. The molecule has 3 nitrogen and oxygen atoms in total. The van der Waals surface area contributed by atoms with Gasteiger partial charge in [0.05, 0.1) is 5.70 Å². The van der Waals surface area contributed by atoms with E-state index >= 15 is 0 Å². The monoisotopic (exact) mass is 155 g/mol. The Kier molecular flexibility index (Phi) is 5.47. The maximum atomic E-state index is 3.87. The van der Waals surface area contributed by atoms with E-state index in [2.05, 4.69) is 35.9 Å². The first kappa shape index (κ1) is 10.2. The van der Waals surface area contributed by atoms with Crippen molar-refractivity contribution in [3.8, 4) is 0 Å². The Morgan fingerprint density at radius 2 is 2.36 bits per heavy atom. The molecule has 0 aromatic rings. The molecule has 0 saturated carbocycles. The Morgan fingerprint density at radius 1 is 1.73 bits per heavy atom. The third-order valence-electron chi connectivity index (χ3n) is 1.49. The number of hydrogen-bond donors (Lipinski definition) is 1. The van der Waals surface area contributed by atoms with E-state index in [-0.39, 0.29) is 0 Å². The largest absolute Gasteiger partial charge is 0.392 e. The second-order valence-corrected chi connectivity index (χ2v) is 2.41. The molecule has 0 aliphatic rings. The Hall–Kier alpha value is -0.830. The highest BCUT2D eigenvalue weighted by Gasteiger charge is 1.96. The SMILES string of the molecule is C=N/C(=C\NC)CN(C)CC. The number of rotatable bonds is 5. The van der Waals surface area contributed by atoms with Gasteiger partial charge in [-0.05, 0) is 20.3 Å². The molecule has 0 aromatic carbocycles. The lowest BCUT2D eigenvalue weighted by atomic mass is 10.4. The lowest BCUT2D eigenvalue weighted by Crippen LogP contribution is -2.20. The number of likely N-dealkylation sites (N-methyl/N-ethyl adjacent to an activating group) is 1. The van der Waals surface area contributed by atoms with Gasteiger partial charge in [0.1, 0.15) is 0 Å². The third-order valence-corrected chi connectivity index (χ3v) is 1.49. The van der Waals surface area contributed by atoms with Crippen molar-refractivity contribution < 1.29 is 0 Å². The highest BCUT2D eigenvalue weighted by atomic mass is 15.1. The van der Waals surface area contributed by atoms with Crippen LogP contribution in [0.1, 0.15) is 6.92 Å². The third kappa shape index (κ3) is 4.56. The summed E-state index contributed by atoms with van der Waals surface area (Å²) >= 11 is 0. The highest BCUT2D eigenvalue weighted by Crippen LogP contribution is 1.95. The van der Waals surface area contributed by atoms with Crippen molar-refractivity contribution in [2.45, 2.75) is 6.92 Å². The predicted molar refractivity (Wildman–Crippen MR) is 49.9 cm³/mol. The fourth-order valence-electron chi connectivity index (χ4n) is 0.696. The molecule has 0 atom stereocenters. The maximum absolute atomic E-state index is 3.87. The van der Waals surface area contributed by atoms with Gasteiger partial charge in [0.25, 0.3) is 0 Å². The van der Waals surface area contributed by atoms with E-state index < -0.39 is 0 Å². The van der Waals surface area contributed by atoms with Gasteiger partial charge in [0.2, 0.25) is 0 Å². The molecular formula is C8H17N3. The average molecular weight is 155 g/mol. The molecule has 0 aromatic heterocycles. The first-order valence-corrected chi connectivity index (χ1v) is 3.76. The highest BCUT2D eigenvalue weighted by molar-refractivity contribution is 5.29. The summed E-state index contributed by atoms with van der Waals surface area (Å²) < 4.78 is 0. The summed E-state index contributed by atoms with van der Waals surface area (Å²) in [4.78, 5) is 6.04. The van der Waals surface area contributed by atoms with E-state index in [1.54, 1.807) is 0 Å². The van der Waals surface area contributed by atoms with Crippen molar-refractivity contribution in [2.24, 2.45) is 4.99 Å². The Bertz CT molecular complexity index is 140. The van der Waals surface area contributed by atoms with Crippen molar-refractivity contribution >= 4 is 6.72 Å². The van der Waals surface area contributed by atoms with E-state index in [9.17, 15) is 0 Å². The molecule has 3 heteroatoms. The van der Waals surface area contributed by atoms with Gasteiger partial charge in [-0.2, -0.15) is 0 Å². The van der Waals surface area contributed by atoms with Crippen LogP contribution in [0.4, 0.5) is 0 Å². The lowest BCUT2D eigenvalue weighted by Gasteiger charge is -2.13. The summed E-state index contributed by atoms with van der Waals surface area (Å²) in [5.74, 6) is 0. The molecule has 0 amide bonds. The van der Waals surface area contributed by atoms with Crippen LogP contribution in [0.2, 0.25) is 0 Å². The molecular weight excluding hydrogens is 138 g/mol. The minimum atomic E-state index is 0.848. The van der Waals surface area contributed by atoms with Crippen LogP contribution < -0.4 is 5.32 Å². The van der Waals surface area contributed by atoms with E-state index in [1.807, 2.05) is 13.2 Å². The molecule has 64 valence electrons. The van der Waals surface area contributed by atoms with E-state index in [4.69, 9.17) is 0 Å². The minimum absolute atomic E-state index is 0.848. The quantitative estimate of drug-likeness (QED) is 0.592. The first-order chi connectivity index (χ1) is 5.24. The predicted octanol–water partition coefficient (Wildman–Crippen LogP) is 0.700. The van der Waals surface area contributed by atoms with Crippen molar-refractivity contribution in [1.82, 2.24) is 10.2 Å². The summed E-state index contributed by atoms with van der Waals surface area (Å²) in [5, 5.41) is 2.93. The molecule has 0 heterocycles. The second-order valence-electron chi connectivity index (χ2n) is 2.41. The number of hydrogen-bond acceptors (Lipinski definition) is 3. The number of nitrogens with zero attached hydrogens (tertiary/aromatic N) is 2. The van der Waals surface area contributed by atoms with Gasteiger partial charge < -0.3 is 10.2 Å². The van der Waals surface area contributed by atoms with Crippen molar-refractivity contribution in [2.75, 3.05) is 27.2 Å². The van der Waals surface area contributed by atoms with Gasteiger partial charge in [-0.1, -0.05) is 6.92 Å². The minimum Gasteiger partial charge on any atom is -0.392 e. The van der Waals surface area contributed by atoms with Crippen molar-refractivity contribution in [3.05, 3.63) is 11.9 Å². The van der Waals surface area contributed by atoms with Crippen LogP contribution in [0.15, 0.2) is 16.9 Å². The molecule has 1 N–H and O–H groups in total. The van der Waals surface area contributed by atoms with Crippen LogP contribution in [0, 0.1) is 0 Å². The Labute approximate surface area is 68.8 Å². The van der Waals surface area contributed by atoms with Crippen LogP contribution in [-0.2, 0) is 0 Å². The molecule has 0 radical (unpaired) electrons. The van der Waals surface area contributed by atoms with E-state index in [1.165, 1.54) is 0 Å². The molecule has 0 unspecified atom stereocenters. The van der Waals surface area contributed by atoms with Gasteiger partial charge in [-0.15, -0.1) is 0 Å². The molecule has 0 spiro atoms. The molecule has 0 aliphatic heterocycles. The average Bonchev–Trinajstić information content (AvgIpc) is 2.03. The molecule has 0 bridgehead atoms. The summed E-state index contributed by atoms with van der Waals surface area (Å²) in [7, 11) is 3.91. The van der Waals surface area contributed by atoms with Crippen LogP contribution in [-0.4, -0.2) is 38.8 Å². The van der Waals surface area contributed by atoms with Crippen LogP contribution >= 0.6 is 0 Å². The summed E-state index contributed by atoms with van der Waals surface area (Å²) in [6, 6.07) is 0. The molecule has 11 heavy (non-hydrogen) atoms. The van der Waals surface area contributed by atoms with Gasteiger partial charge in [0, 0.05) is 19.8 Å². The number of nitrogens with one attached hydrogen (secondary N) is 1. The van der Waals surface area contributed by atoms with Crippen LogP contribution in [0.5, 0.6) is 0 Å². The molecule has 0 aliphatic carbocycles. The van der Waals surface area contributed by atoms with E-state index in [0.717, 1.165) is 18.8 Å². The topological polar surface area (TPSA) is 27.6 Å². The standard InChI is InChI=1S/C8H17N3/c1-5-11(4)7-8(10-3)6-9-2/h6,9H,3,5,7H2,1-2,4H3/b8-6-. The second kappa shape index (κ2) is 5.92. The zero-order valence-corrected chi connectivity index (χ0v) is 7.59. The summed E-state index contributed by atoms with van der Waals surface area (Å²) in [6.45, 7) is 7.47. The Morgan fingerprint density at radius 3 is 2.73 bits per heavy atom. The van der Waals surface area contributed by atoms with E-state index in [0.29, 0.717) is 0 Å². The van der Waals surface area contributed by atoms with Crippen molar-refractivity contribution in [3.63, 3.8) is 0 Å². The molecule has 0 rings (SSSR count). The van der Waals surface area contributed by atoms with Crippen molar-refractivity contribution in [1.29, 1.82) is 0 Å². The van der Waals surface area contributed by atoms with Gasteiger partial charge in [0.15, 0.2) is 0 Å². The normalized spacial score (nSPS) is 11.8. The fraction of sp³-hybridized carbons (Fsp3) is 0.625. The summed E-state index contributed by atoms with van der Waals surface area (Å²) in [5.41, 5.74) is 0.969. The first-order valence-electron chi connectivity index (χ1n) is 3.76. The van der Waals surface area contributed by atoms with Crippen LogP contribution in [0.3, 0.4) is 0 Å². The zero-order valence-electron chi connectivity index (χ0n) is 7.59. The lowest BCUT2D eigenvalue weighted by molar-refractivity contribution is 0.381. The van der Waals surface area contributed by atoms with Gasteiger partial charge >= 0.3 is 0 Å². The zero-order chi connectivity index (χ0) is 8.69. The fourth-order valence-corrected chi connectivity index (χ4v) is 0.696. The number of aliphatic imine (C=N–C) groups is 1. The molecule has 0 saturated heterocycles.